The van der Waals surface area contributed by atoms with E-state index in [1.807, 2.05) is 20.8 Å². The molecule has 2 nitrogen and oxygen atoms in total. The molecular formula is C14H20FNO. The summed E-state index contributed by atoms with van der Waals surface area (Å²) in [7, 11) is 0. The van der Waals surface area contributed by atoms with E-state index in [4.69, 9.17) is 5.73 Å². The van der Waals surface area contributed by atoms with E-state index in [-0.39, 0.29) is 23.4 Å². The molecule has 17 heavy (non-hydrogen) atoms. The molecule has 0 saturated carbocycles. The largest absolute Gasteiger partial charge is 0.321 e. The van der Waals surface area contributed by atoms with E-state index in [0.717, 1.165) is 11.1 Å². The second kappa shape index (κ2) is 4.96. The van der Waals surface area contributed by atoms with Crippen LogP contribution in [0.1, 0.15) is 31.9 Å². The van der Waals surface area contributed by atoms with Crippen LogP contribution >= 0.6 is 0 Å². The number of carbonyl (C=O) groups is 1. The van der Waals surface area contributed by atoms with E-state index in [9.17, 15) is 9.18 Å². The Kier molecular flexibility index (Phi) is 4.04. The number of hydrogen-bond acceptors (Lipinski definition) is 2. The van der Waals surface area contributed by atoms with Gasteiger partial charge < -0.3 is 5.73 Å². The van der Waals surface area contributed by atoms with Gasteiger partial charge in [0.2, 0.25) is 0 Å². The Labute approximate surface area is 102 Å². The molecule has 0 amide bonds. The lowest BCUT2D eigenvalue weighted by molar-refractivity contribution is -0.121. The van der Waals surface area contributed by atoms with Crippen LogP contribution in [-0.2, 0) is 11.2 Å². The summed E-state index contributed by atoms with van der Waals surface area (Å²) < 4.78 is 12.9. The van der Waals surface area contributed by atoms with Gasteiger partial charge in [0.25, 0.3) is 0 Å². The van der Waals surface area contributed by atoms with Crippen molar-refractivity contribution in [2.75, 3.05) is 0 Å². The average molecular weight is 237 g/mol. The van der Waals surface area contributed by atoms with Crippen molar-refractivity contribution in [3.8, 4) is 0 Å². The Morgan fingerprint density at radius 1 is 1.41 bits per heavy atom. The summed E-state index contributed by atoms with van der Waals surface area (Å²) in [5.41, 5.74) is 7.29. The van der Waals surface area contributed by atoms with Crippen LogP contribution < -0.4 is 5.73 Å². The molecule has 0 heterocycles. The van der Waals surface area contributed by atoms with Gasteiger partial charge in [0.15, 0.2) is 5.78 Å². The number of carbonyl (C=O) groups excluding carboxylic acids is 1. The molecule has 0 spiro atoms. The lowest BCUT2D eigenvalue weighted by atomic mass is 9.83. The predicted molar refractivity (Wildman–Crippen MR) is 67.3 cm³/mol. The number of hydrogen-bond donors (Lipinski definition) is 1. The molecule has 1 atom stereocenters. The fraction of sp³-hybridized carbons (Fsp3) is 0.500. The fourth-order valence-electron chi connectivity index (χ4n) is 1.64. The van der Waals surface area contributed by atoms with Crippen LogP contribution in [0, 0.1) is 18.2 Å². The Morgan fingerprint density at radius 2 is 2.00 bits per heavy atom. The zero-order chi connectivity index (χ0) is 13.2. The molecular weight excluding hydrogens is 217 g/mol. The maximum Gasteiger partial charge on any atom is 0.154 e. The minimum atomic E-state index is -0.494. The number of benzene rings is 1. The van der Waals surface area contributed by atoms with Crippen LogP contribution in [0.4, 0.5) is 4.39 Å². The minimum absolute atomic E-state index is 0.00721. The molecule has 0 aromatic heterocycles. The lowest BCUT2D eigenvalue weighted by Crippen LogP contribution is -2.43. The molecule has 3 heteroatoms. The second-order valence-electron chi connectivity index (χ2n) is 5.56. The molecule has 0 fully saturated rings. The van der Waals surface area contributed by atoms with Crippen molar-refractivity contribution in [1.29, 1.82) is 0 Å². The Hall–Kier alpha value is -1.22. The number of halogens is 1. The monoisotopic (exact) mass is 237 g/mol. The average Bonchev–Trinajstić information content (AvgIpc) is 2.19. The van der Waals surface area contributed by atoms with Crippen LogP contribution in [0.2, 0.25) is 0 Å². The molecule has 1 aromatic carbocycles. The van der Waals surface area contributed by atoms with Gasteiger partial charge in [0, 0.05) is 6.42 Å². The van der Waals surface area contributed by atoms with Gasteiger partial charge in [-0.2, -0.15) is 0 Å². The smallest absolute Gasteiger partial charge is 0.154 e. The molecule has 0 aliphatic heterocycles. The van der Waals surface area contributed by atoms with Crippen molar-refractivity contribution in [1.82, 2.24) is 0 Å². The summed E-state index contributed by atoms with van der Waals surface area (Å²) >= 11 is 0. The Bertz CT molecular complexity index is 421. The van der Waals surface area contributed by atoms with E-state index in [1.54, 1.807) is 13.0 Å². The van der Waals surface area contributed by atoms with E-state index < -0.39 is 6.04 Å². The molecule has 2 N–H and O–H groups in total. The van der Waals surface area contributed by atoms with Crippen molar-refractivity contribution in [3.05, 3.63) is 35.1 Å². The SMILES string of the molecule is Cc1cc(F)ccc1CC(=O)C(N)C(C)(C)C. The van der Waals surface area contributed by atoms with Crippen molar-refractivity contribution in [2.24, 2.45) is 11.1 Å². The normalized spacial score (nSPS) is 13.5. The minimum Gasteiger partial charge on any atom is -0.321 e. The lowest BCUT2D eigenvalue weighted by Gasteiger charge is -2.25. The van der Waals surface area contributed by atoms with Crippen LogP contribution in [0.25, 0.3) is 0 Å². The number of ketones is 1. The first-order valence-corrected chi connectivity index (χ1v) is 5.75. The zero-order valence-corrected chi connectivity index (χ0v) is 10.9. The van der Waals surface area contributed by atoms with E-state index in [0.29, 0.717) is 0 Å². The third-order valence-corrected chi connectivity index (χ3v) is 2.95. The van der Waals surface area contributed by atoms with Crippen LogP contribution in [0.3, 0.4) is 0 Å². The third-order valence-electron chi connectivity index (χ3n) is 2.95. The molecule has 94 valence electrons. The van der Waals surface area contributed by atoms with Gasteiger partial charge in [-0.05, 0) is 35.6 Å². The first-order chi connectivity index (χ1) is 7.71. The third kappa shape index (κ3) is 3.63. The quantitative estimate of drug-likeness (QED) is 0.878. The topological polar surface area (TPSA) is 43.1 Å². The van der Waals surface area contributed by atoms with Gasteiger partial charge >= 0.3 is 0 Å². The highest BCUT2D eigenvalue weighted by Crippen LogP contribution is 2.20. The van der Waals surface area contributed by atoms with Crippen molar-refractivity contribution in [3.63, 3.8) is 0 Å². The van der Waals surface area contributed by atoms with Crippen LogP contribution in [-0.4, -0.2) is 11.8 Å². The predicted octanol–water partition coefficient (Wildman–Crippen LogP) is 2.62. The molecule has 0 saturated heterocycles. The summed E-state index contributed by atoms with van der Waals surface area (Å²) in [6.45, 7) is 7.61. The maximum absolute atomic E-state index is 12.9. The summed E-state index contributed by atoms with van der Waals surface area (Å²) in [5.74, 6) is -0.286. The molecule has 0 aliphatic rings. The molecule has 0 bridgehead atoms. The van der Waals surface area contributed by atoms with Gasteiger partial charge in [-0.15, -0.1) is 0 Å². The molecule has 0 radical (unpaired) electrons. The van der Waals surface area contributed by atoms with Crippen LogP contribution in [0.15, 0.2) is 18.2 Å². The highest BCUT2D eigenvalue weighted by Gasteiger charge is 2.27. The fourth-order valence-corrected chi connectivity index (χ4v) is 1.64. The zero-order valence-electron chi connectivity index (χ0n) is 10.9. The van der Waals surface area contributed by atoms with Crippen molar-refractivity contribution < 1.29 is 9.18 Å². The first kappa shape index (κ1) is 13.8. The number of nitrogens with two attached hydrogens (primary N) is 1. The molecule has 1 unspecified atom stereocenters. The van der Waals surface area contributed by atoms with Crippen LogP contribution in [0.5, 0.6) is 0 Å². The summed E-state index contributed by atoms with van der Waals surface area (Å²) in [4.78, 5) is 12.0. The van der Waals surface area contributed by atoms with E-state index in [1.165, 1.54) is 12.1 Å². The number of aryl methyl sites for hydroxylation is 1. The first-order valence-electron chi connectivity index (χ1n) is 5.75. The van der Waals surface area contributed by atoms with Gasteiger partial charge in [0.05, 0.1) is 6.04 Å². The van der Waals surface area contributed by atoms with Gasteiger partial charge in [0.1, 0.15) is 5.82 Å². The van der Waals surface area contributed by atoms with Gasteiger partial charge in [-0.3, -0.25) is 4.79 Å². The second-order valence-corrected chi connectivity index (χ2v) is 5.56. The summed E-state index contributed by atoms with van der Waals surface area (Å²) in [5, 5.41) is 0. The van der Waals surface area contributed by atoms with Gasteiger partial charge in [-0.25, -0.2) is 4.39 Å². The maximum atomic E-state index is 12.9. The Morgan fingerprint density at radius 3 is 2.47 bits per heavy atom. The molecule has 1 aromatic rings. The highest BCUT2D eigenvalue weighted by atomic mass is 19.1. The standard InChI is InChI=1S/C14H20FNO/c1-9-7-11(15)6-5-10(9)8-12(17)13(16)14(2,3)4/h5-7,13H,8,16H2,1-4H3. The van der Waals surface area contributed by atoms with Crippen molar-refractivity contribution in [2.45, 2.75) is 40.2 Å². The number of Topliss-reactive ketones (excluding diaryl/α,β-unsaturated/α-hetero) is 1. The molecule has 1 rings (SSSR count). The van der Waals surface area contributed by atoms with Gasteiger partial charge in [-0.1, -0.05) is 26.8 Å². The highest BCUT2D eigenvalue weighted by molar-refractivity contribution is 5.86. The summed E-state index contributed by atoms with van der Waals surface area (Å²) in [6.07, 6.45) is 0.268. The Balaban J connectivity index is 2.82. The molecule has 0 aliphatic carbocycles. The number of rotatable bonds is 3. The summed E-state index contributed by atoms with van der Waals surface area (Å²) in [6, 6.07) is 3.97. The van der Waals surface area contributed by atoms with Crippen molar-refractivity contribution >= 4 is 5.78 Å². The van der Waals surface area contributed by atoms with E-state index in [2.05, 4.69) is 0 Å². The van der Waals surface area contributed by atoms with E-state index >= 15 is 0 Å².